The van der Waals surface area contributed by atoms with Crippen molar-refractivity contribution in [1.29, 1.82) is 0 Å². The van der Waals surface area contributed by atoms with Gasteiger partial charge < -0.3 is 4.74 Å². The smallest absolute Gasteiger partial charge is 0.268 e. The van der Waals surface area contributed by atoms with Crippen molar-refractivity contribution < 1.29 is 9.14 Å². The summed E-state index contributed by atoms with van der Waals surface area (Å²) in [5, 5.41) is 0. The molecule has 24 heavy (non-hydrogen) atoms. The summed E-state index contributed by atoms with van der Waals surface area (Å²) in [6.07, 6.45) is 1.49. The van der Waals surface area contributed by atoms with Gasteiger partial charge in [-0.25, -0.2) is 4.99 Å². The molecule has 0 bridgehead atoms. The number of fused-ring (bicyclic) bond motifs is 3. The van der Waals surface area contributed by atoms with E-state index < -0.39 is 0 Å². The van der Waals surface area contributed by atoms with Crippen LogP contribution in [0, 0.1) is 13.8 Å². The number of para-hydroxylation sites is 1. The molecule has 0 amide bonds. The van der Waals surface area contributed by atoms with E-state index in [0.29, 0.717) is 0 Å². The van der Waals surface area contributed by atoms with E-state index in [4.69, 9.17) is 4.74 Å². The molecule has 0 fully saturated rings. The van der Waals surface area contributed by atoms with Crippen LogP contribution in [0.2, 0.25) is 0 Å². The molecule has 0 aliphatic carbocycles. The Kier molecular flexibility index (Phi) is 3.75. The zero-order valence-electron chi connectivity index (χ0n) is 13.6. The zero-order valence-corrected chi connectivity index (χ0v) is 14.4. The molecular weight excluding hydrogens is 316 g/mol. The van der Waals surface area contributed by atoms with Gasteiger partial charge in [0, 0.05) is 25.1 Å². The predicted octanol–water partition coefficient (Wildman–Crippen LogP) is 5.00. The van der Waals surface area contributed by atoms with E-state index in [1.54, 1.807) is 11.3 Å². The average Bonchev–Trinajstić information content (AvgIpc) is 2.93. The highest BCUT2D eigenvalue weighted by Gasteiger charge is 2.16. The van der Waals surface area contributed by atoms with E-state index in [-0.39, 0.29) is 0 Å². The third-order valence-corrected chi connectivity index (χ3v) is 4.95. The molecule has 4 aromatic rings. The van der Waals surface area contributed by atoms with Crippen LogP contribution in [-0.4, -0.2) is 6.40 Å². The Morgan fingerprint density at radius 1 is 1.00 bits per heavy atom. The number of hydrogen-bond donors (Lipinski definition) is 0. The van der Waals surface area contributed by atoms with Crippen molar-refractivity contribution in [3.8, 4) is 5.75 Å². The monoisotopic (exact) mass is 333 g/mol. The summed E-state index contributed by atoms with van der Waals surface area (Å²) in [5.41, 5.74) is 4.64. The fourth-order valence-corrected chi connectivity index (χ4v) is 4.11. The lowest BCUT2D eigenvalue weighted by atomic mass is 10.2. The number of aliphatic imine (C=N–C) groups is 1. The van der Waals surface area contributed by atoms with E-state index in [1.165, 1.54) is 32.7 Å². The fraction of sp³-hybridized carbons (Fsp3) is 0.100. The number of nitrogens with zero attached hydrogens (tertiary/aromatic N) is 2. The highest BCUT2D eigenvalue weighted by molar-refractivity contribution is 7.23. The maximum Gasteiger partial charge on any atom is 0.268 e. The Labute approximate surface area is 144 Å². The number of benzene rings is 2. The second kappa shape index (κ2) is 6.06. The Morgan fingerprint density at radius 2 is 1.83 bits per heavy atom. The lowest BCUT2D eigenvalue weighted by molar-refractivity contribution is -0.486. The van der Waals surface area contributed by atoms with Crippen LogP contribution in [-0.2, 0) is 0 Å². The minimum atomic E-state index is 0.783. The molecule has 0 saturated carbocycles. The molecule has 4 heteroatoms. The number of thiazole rings is 1. The third kappa shape index (κ3) is 2.76. The van der Waals surface area contributed by atoms with Gasteiger partial charge in [0.25, 0.3) is 4.83 Å². The minimum absolute atomic E-state index is 0.783. The molecule has 0 radical (unpaired) electrons. The summed E-state index contributed by atoms with van der Waals surface area (Å²) in [6, 6.07) is 20.3. The van der Waals surface area contributed by atoms with Gasteiger partial charge in [0.2, 0.25) is 5.52 Å². The Hall–Kier alpha value is -2.72. The topological polar surface area (TPSA) is 25.7 Å². The highest BCUT2D eigenvalue weighted by Crippen LogP contribution is 2.27. The van der Waals surface area contributed by atoms with Crippen LogP contribution in [0.25, 0.3) is 15.0 Å². The van der Waals surface area contributed by atoms with Gasteiger partial charge in [-0.15, -0.1) is 4.40 Å². The second-order valence-electron chi connectivity index (χ2n) is 5.77. The molecule has 4 rings (SSSR count). The zero-order chi connectivity index (χ0) is 16.5. The molecule has 0 atom stereocenters. The molecule has 2 heterocycles. The SMILES string of the molecule is Cc1cc(C)[n+]2c(c1)sc1cc(N=COc3ccccc3)ccc12. The standard InChI is InChI=1S/C20H17N2OS/c1-14-10-15(2)22-18-9-8-16(12-19(18)24-20(22)11-14)21-13-23-17-6-4-3-5-7-17/h3-13H,1-2H3/q+1. The number of aromatic nitrogens is 1. The summed E-state index contributed by atoms with van der Waals surface area (Å²) >= 11 is 1.78. The number of aryl methyl sites for hydroxylation is 2. The van der Waals surface area contributed by atoms with Crippen molar-refractivity contribution in [2.75, 3.05) is 0 Å². The van der Waals surface area contributed by atoms with Crippen molar-refractivity contribution >= 4 is 38.5 Å². The first-order chi connectivity index (χ1) is 11.7. The van der Waals surface area contributed by atoms with Crippen molar-refractivity contribution in [3.05, 3.63) is 71.9 Å². The summed E-state index contributed by atoms with van der Waals surface area (Å²) in [4.78, 5) is 5.67. The maximum absolute atomic E-state index is 5.52. The summed E-state index contributed by atoms with van der Waals surface area (Å²) < 4.78 is 9.04. The van der Waals surface area contributed by atoms with Crippen LogP contribution < -0.4 is 9.14 Å². The largest absolute Gasteiger partial charge is 0.446 e. The van der Waals surface area contributed by atoms with Gasteiger partial charge in [-0.3, -0.25) is 0 Å². The fourth-order valence-electron chi connectivity index (χ4n) is 2.86. The van der Waals surface area contributed by atoms with Gasteiger partial charge in [-0.1, -0.05) is 29.5 Å². The van der Waals surface area contributed by atoms with Gasteiger partial charge in [0.15, 0.2) is 12.1 Å². The first kappa shape index (κ1) is 14.8. The van der Waals surface area contributed by atoms with E-state index in [1.807, 2.05) is 36.4 Å². The van der Waals surface area contributed by atoms with E-state index in [9.17, 15) is 0 Å². The quantitative estimate of drug-likeness (QED) is 0.294. The van der Waals surface area contributed by atoms with Crippen LogP contribution in [0.3, 0.4) is 0 Å². The number of hydrogen-bond acceptors (Lipinski definition) is 3. The molecule has 3 nitrogen and oxygen atoms in total. The van der Waals surface area contributed by atoms with Crippen molar-refractivity contribution in [2.24, 2.45) is 4.99 Å². The average molecular weight is 333 g/mol. The molecule has 0 N–H and O–H groups in total. The van der Waals surface area contributed by atoms with Gasteiger partial charge in [-0.2, -0.15) is 0 Å². The summed E-state index contributed by atoms with van der Waals surface area (Å²) in [7, 11) is 0. The molecule has 0 unspecified atom stereocenters. The van der Waals surface area contributed by atoms with E-state index >= 15 is 0 Å². The summed E-state index contributed by atoms with van der Waals surface area (Å²) in [6.45, 7) is 4.28. The van der Waals surface area contributed by atoms with Crippen molar-refractivity contribution in [1.82, 2.24) is 0 Å². The van der Waals surface area contributed by atoms with Crippen molar-refractivity contribution in [2.45, 2.75) is 13.8 Å². The van der Waals surface area contributed by atoms with Crippen LogP contribution in [0.1, 0.15) is 11.3 Å². The first-order valence-electron chi connectivity index (χ1n) is 7.80. The molecule has 118 valence electrons. The Morgan fingerprint density at radius 3 is 2.67 bits per heavy atom. The maximum atomic E-state index is 5.52. The van der Waals surface area contributed by atoms with Crippen LogP contribution >= 0.6 is 11.3 Å². The second-order valence-corrected chi connectivity index (χ2v) is 6.83. The van der Waals surface area contributed by atoms with Gasteiger partial charge >= 0.3 is 0 Å². The van der Waals surface area contributed by atoms with Crippen LogP contribution in [0.5, 0.6) is 5.75 Å². The van der Waals surface area contributed by atoms with Crippen LogP contribution in [0.4, 0.5) is 5.69 Å². The molecular formula is C20H17N2OS+. The predicted molar refractivity (Wildman–Crippen MR) is 99.7 cm³/mol. The minimum Gasteiger partial charge on any atom is -0.446 e. The molecule has 0 aliphatic rings. The third-order valence-electron chi connectivity index (χ3n) is 3.89. The normalized spacial score (nSPS) is 11.6. The Bertz CT molecular complexity index is 1050. The van der Waals surface area contributed by atoms with Gasteiger partial charge in [0.05, 0.1) is 5.69 Å². The van der Waals surface area contributed by atoms with Crippen LogP contribution in [0.15, 0.2) is 65.7 Å². The highest BCUT2D eigenvalue weighted by atomic mass is 32.1. The molecule has 0 aliphatic heterocycles. The molecule has 2 aromatic carbocycles. The number of ether oxygens (including phenoxy) is 1. The van der Waals surface area contributed by atoms with Gasteiger partial charge in [-0.05, 0) is 36.8 Å². The molecule has 2 aromatic heterocycles. The lowest BCUT2D eigenvalue weighted by Gasteiger charge is -1.97. The van der Waals surface area contributed by atoms with E-state index in [0.717, 1.165) is 11.4 Å². The Balaban J connectivity index is 1.68. The molecule has 0 spiro atoms. The molecule has 0 saturated heterocycles. The number of pyridine rings is 1. The van der Waals surface area contributed by atoms with Crippen molar-refractivity contribution in [3.63, 3.8) is 0 Å². The first-order valence-corrected chi connectivity index (χ1v) is 8.62. The summed E-state index contributed by atoms with van der Waals surface area (Å²) in [5.74, 6) is 0.783. The lowest BCUT2D eigenvalue weighted by Crippen LogP contribution is -2.23. The number of rotatable bonds is 3. The van der Waals surface area contributed by atoms with Gasteiger partial charge in [0.1, 0.15) is 10.4 Å². The van der Waals surface area contributed by atoms with E-state index in [2.05, 4.69) is 47.5 Å².